The monoisotopic (exact) mass is 334 g/mol. The van der Waals surface area contributed by atoms with Gasteiger partial charge in [0.15, 0.2) is 0 Å². The average Bonchev–Trinajstić information content (AvgIpc) is 2.48. The Labute approximate surface area is 135 Å². The predicted molar refractivity (Wildman–Crippen MR) is 84.6 cm³/mol. The van der Waals surface area contributed by atoms with Gasteiger partial charge in [0.25, 0.3) is 0 Å². The minimum atomic E-state index is -4.57. The van der Waals surface area contributed by atoms with E-state index in [9.17, 15) is 13.2 Å². The molecule has 0 saturated carbocycles. The Morgan fingerprint density at radius 2 is 1.70 bits per heavy atom. The van der Waals surface area contributed by atoms with E-state index >= 15 is 0 Å². The van der Waals surface area contributed by atoms with E-state index < -0.39 is 12.0 Å². The molecule has 0 spiro atoms. The van der Waals surface area contributed by atoms with Crippen LogP contribution in [0.4, 0.5) is 13.2 Å². The quantitative estimate of drug-likeness (QED) is 0.586. The maximum atomic E-state index is 13.1. The lowest BCUT2D eigenvalue weighted by Crippen LogP contribution is -2.11. The molecule has 6 heteroatoms. The van der Waals surface area contributed by atoms with E-state index in [1.165, 1.54) is 11.8 Å². The molecular formula is C17H13F3N2S. The Morgan fingerprint density at radius 1 is 0.957 bits per heavy atom. The first kappa shape index (κ1) is 15.8. The van der Waals surface area contributed by atoms with Crippen LogP contribution in [-0.4, -0.2) is 9.97 Å². The fourth-order valence-electron chi connectivity index (χ4n) is 2.19. The fraction of sp³-hybridized carbons (Fsp3) is 0.176. The second-order valence-corrected chi connectivity index (χ2v) is 6.27. The maximum Gasteiger partial charge on any atom is 0.451 e. The van der Waals surface area contributed by atoms with E-state index in [-0.39, 0.29) is 0 Å². The van der Waals surface area contributed by atoms with E-state index in [0.717, 1.165) is 16.0 Å². The molecule has 0 aliphatic carbocycles. The normalized spacial score (nSPS) is 11.9. The Morgan fingerprint density at radius 3 is 2.39 bits per heavy atom. The van der Waals surface area contributed by atoms with Crippen molar-refractivity contribution < 1.29 is 13.2 Å². The van der Waals surface area contributed by atoms with Gasteiger partial charge in [-0.25, -0.2) is 9.97 Å². The van der Waals surface area contributed by atoms with Crippen LogP contribution in [0, 0.1) is 13.8 Å². The molecule has 3 aromatic rings. The van der Waals surface area contributed by atoms with Crippen molar-refractivity contribution in [2.24, 2.45) is 0 Å². The molecule has 0 unspecified atom stereocenters. The summed E-state index contributed by atoms with van der Waals surface area (Å²) in [5, 5.41) is 0.951. The molecule has 1 aromatic heterocycles. The number of nitrogens with zero attached hydrogens (tertiary/aromatic N) is 2. The largest absolute Gasteiger partial charge is 0.451 e. The summed E-state index contributed by atoms with van der Waals surface area (Å²) in [7, 11) is 0. The number of aromatic nitrogens is 2. The van der Waals surface area contributed by atoms with Crippen molar-refractivity contribution in [1.82, 2.24) is 9.97 Å². The smallest absolute Gasteiger partial charge is 0.224 e. The van der Waals surface area contributed by atoms with E-state index in [1.807, 2.05) is 44.2 Å². The molecule has 0 saturated heterocycles. The molecule has 0 aliphatic rings. The van der Waals surface area contributed by atoms with Gasteiger partial charge in [0.2, 0.25) is 5.82 Å². The summed E-state index contributed by atoms with van der Waals surface area (Å²) in [6.07, 6.45) is -4.57. The third kappa shape index (κ3) is 3.32. The molecular weight excluding hydrogens is 321 g/mol. The van der Waals surface area contributed by atoms with Gasteiger partial charge >= 0.3 is 6.18 Å². The van der Waals surface area contributed by atoms with Crippen LogP contribution in [0.15, 0.2) is 52.4 Å². The van der Waals surface area contributed by atoms with Crippen LogP contribution in [0.3, 0.4) is 0 Å². The highest BCUT2D eigenvalue weighted by Crippen LogP contribution is 2.36. The van der Waals surface area contributed by atoms with Crippen LogP contribution in [0.2, 0.25) is 0 Å². The number of hydrogen-bond acceptors (Lipinski definition) is 3. The number of alkyl halides is 3. The fourth-order valence-corrected chi connectivity index (χ4v) is 3.18. The molecule has 118 valence electrons. The van der Waals surface area contributed by atoms with Gasteiger partial charge in [-0.3, -0.25) is 0 Å². The summed E-state index contributed by atoms with van der Waals surface area (Å²) in [5.74, 6) is -1.11. The van der Waals surface area contributed by atoms with Crippen LogP contribution < -0.4 is 0 Å². The number of hydrogen-bond donors (Lipinski definition) is 0. The molecule has 0 radical (unpaired) electrons. The van der Waals surface area contributed by atoms with Crippen LogP contribution in [0.1, 0.15) is 17.0 Å². The summed E-state index contributed by atoms with van der Waals surface area (Å²) in [5.41, 5.74) is 2.24. The van der Waals surface area contributed by atoms with Crippen LogP contribution in [0.5, 0.6) is 0 Å². The minimum absolute atomic E-state index is 0.300. The summed E-state index contributed by atoms with van der Waals surface area (Å²) in [4.78, 5) is 8.32. The summed E-state index contributed by atoms with van der Waals surface area (Å²) in [6.45, 7) is 3.81. The molecule has 0 bridgehead atoms. The maximum absolute atomic E-state index is 13.1. The topological polar surface area (TPSA) is 25.8 Å². The summed E-state index contributed by atoms with van der Waals surface area (Å²) < 4.78 is 39.2. The third-order valence-corrected chi connectivity index (χ3v) is 4.55. The molecule has 0 amide bonds. The van der Waals surface area contributed by atoms with Crippen molar-refractivity contribution in [3.8, 4) is 0 Å². The summed E-state index contributed by atoms with van der Waals surface area (Å²) in [6, 6.07) is 12.7. The van der Waals surface area contributed by atoms with Gasteiger partial charge < -0.3 is 0 Å². The number of aryl methyl sites for hydroxylation is 2. The van der Waals surface area contributed by atoms with Gasteiger partial charge in [-0.2, -0.15) is 13.2 Å². The highest BCUT2D eigenvalue weighted by molar-refractivity contribution is 7.99. The molecule has 3 rings (SSSR count). The standard InChI is InChI=1S/C17H13F3N2S/c1-10-7-8-13-12(9-10)15(22-16(21-13)17(18,19)20)23-14-6-4-3-5-11(14)2/h3-9H,1-2H3. The van der Waals surface area contributed by atoms with Crippen molar-refractivity contribution >= 4 is 22.7 Å². The van der Waals surface area contributed by atoms with Crippen molar-refractivity contribution in [3.63, 3.8) is 0 Å². The SMILES string of the molecule is Cc1ccc2nc(C(F)(F)F)nc(Sc3ccccc3C)c2c1. The average molecular weight is 334 g/mol. The number of halogens is 3. The highest BCUT2D eigenvalue weighted by atomic mass is 32.2. The van der Waals surface area contributed by atoms with Gasteiger partial charge in [0, 0.05) is 10.3 Å². The molecule has 0 fully saturated rings. The first-order valence-electron chi connectivity index (χ1n) is 6.94. The lowest BCUT2D eigenvalue weighted by atomic mass is 10.2. The second kappa shape index (κ2) is 5.85. The molecule has 0 atom stereocenters. The number of fused-ring (bicyclic) bond motifs is 1. The Balaban J connectivity index is 2.20. The van der Waals surface area contributed by atoms with E-state index in [0.29, 0.717) is 15.9 Å². The highest BCUT2D eigenvalue weighted by Gasteiger charge is 2.35. The van der Waals surface area contributed by atoms with Crippen molar-refractivity contribution in [3.05, 3.63) is 59.4 Å². The Bertz CT molecular complexity index is 875. The zero-order chi connectivity index (χ0) is 16.6. The zero-order valence-electron chi connectivity index (χ0n) is 12.5. The van der Waals surface area contributed by atoms with Gasteiger partial charge in [0.05, 0.1) is 5.52 Å². The number of benzene rings is 2. The summed E-state index contributed by atoms with van der Waals surface area (Å²) >= 11 is 1.23. The molecule has 2 aromatic carbocycles. The third-order valence-electron chi connectivity index (χ3n) is 3.37. The van der Waals surface area contributed by atoms with Crippen molar-refractivity contribution in [2.75, 3.05) is 0 Å². The first-order valence-corrected chi connectivity index (χ1v) is 7.75. The van der Waals surface area contributed by atoms with Gasteiger partial charge in [-0.1, -0.05) is 41.6 Å². The van der Waals surface area contributed by atoms with Crippen molar-refractivity contribution in [1.29, 1.82) is 0 Å². The Kier molecular flexibility index (Phi) is 4.02. The molecule has 1 heterocycles. The number of rotatable bonds is 2. The lowest BCUT2D eigenvalue weighted by Gasteiger charge is -2.11. The second-order valence-electron chi connectivity index (χ2n) is 5.24. The van der Waals surface area contributed by atoms with Crippen LogP contribution in [-0.2, 0) is 6.18 Å². The zero-order valence-corrected chi connectivity index (χ0v) is 13.3. The predicted octanol–water partition coefficient (Wildman–Crippen LogP) is 5.42. The Hall–Kier alpha value is -2.08. The van der Waals surface area contributed by atoms with E-state index in [2.05, 4.69) is 9.97 Å². The molecule has 0 N–H and O–H groups in total. The van der Waals surface area contributed by atoms with Crippen molar-refractivity contribution in [2.45, 2.75) is 29.9 Å². The first-order chi connectivity index (χ1) is 10.8. The lowest BCUT2D eigenvalue weighted by molar-refractivity contribution is -0.145. The van der Waals surface area contributed by atoms with E-state index in [4.69, 9.17) is 0 Å². The van der Waals surface area contributed by atoms with Gasteiger partial charge in [-0.05, 0) is 37.6 Å². The van der Waals surface area contributed by atoms with Gasteiger partial charge in [0.1, 0.15) is 5.03 Å². The molecule has 2 nitrogen and oxygen atoms in total. The van der Waals surface area contributed by atoms with Crippen LogP contribution in [0.25, 0.3) is 10.9 Å². The minimum Gasteiger partial charge on any atom is -0.224 e. The molecule has 0 aliphatic heterocycles. The van der Waals surface area contributed by atoms with E-state index in [1.54, 1.807) is 12.1 Å². The molecule has 23 heavy (non-hydrogen) atoms. The van der Waals surface area contributed by atoms with Crippen LogP contribution >= 0.6 is 11.8 Å². The van der Waals surface area contributed by atoms with Gasteiger partial charge in [-0.15, -0.1) is 0 Å².